The molecule has 0 saturated heterocycles. The van der Waals surface area contributed by atoms with E-state index in [1.165, 1.54) is 25.1 Å². The van der Waals surface area contributed by atoms with Crippen molar-refractivity contribution in [2.24, 2.45) is 24.8 Å². The Morgan fingerprint density at radius 3 is 2.84 bits per heavy atom. The molecule has 0 amide bonds. The lowest BCUT2D eigenvalue weighted by molar-refractivity contribution is 0.171. The summed E-state index contributed by atoms with van der Waals surface area (Å²) in [6.07, 6.45) is 9.06. The average Bonchev–Trinajstić information content (AvgIpc) is 2.75. The van der Waals surface area contributed by atoms with Gasteiger partial charge in [0.15, 0.2) is 0 Å². The van der Waals surface area contributed by atoms with E-state index in [2.05, 4.69) is 42.7 Å². The van der Waals surface area contributed by atoms with Gasteiger partial charge in [0.05, 0.1) is 0 Å². The number of nitrogens with zero attached hydrogens (tertiary/aromatic N) is 2. The van der Waals surface area contributed by atoms with Gasteiger partial charge in [0.1, 0.15) is 5.82 Å². The van der Waals surface area contributed by atoms with Crippen molar-refractivity contribution < 1.29 is 0 Å². The average molecular weight is 263 g/mol. The molecule has 1 aromatic heterocycles. The lowest BCUT2D eigenvalue weighted by Crippen LogP contribution is -2.43. The standard InChI is InChI=1S/C16H29N3/c1-12(2)14-6-5-13(3)11-15(14)17-8-7-16-18-9-10-19(16)4/h9-10,12-15,17H,5-8,11H2,1-4H3. The lowest BCUT2D eigenvalue weighted by atomic mass is 9.74. The van der Waals surface area contributed by atoms with Gasteiger partial charge in [-0.05, 0) is 30.6 Å². The number of aryl methyl sites for hydroxylation is 1. The second-order valence-electron chi connectivity index (χ2n) is 6.59. The highest BCUT2D eigenvalue weighted by atomic mass is 15.0. The SMILES string of the molecule is CC1CCC(C(C)C)C(NCCc2nccn2C)C1. The first-order valence-corrected chi connectivity index (χ1v) is 7.77. The zero-order chi connectivity index (χ0) is 13.8. The lowest BCUT2D eigenvalue weighted by Gasteiger charge is -2.38. The third-order valence-electron chi connectivity index (χ3n) is 4.70. The van der Waals surface area contributed by atoms with Crippen molar-refractivity contribution in [3.8, 4) is 0 Å². The Balaban J connectivity index is 1.84. The minimum atomic E-state index is 0.698. The van der Waals surface area contributed by atoms with Gasteiger partial charge in [0, 0.05) is 38.4 Å². The maximum atomic E-state index is 4.39. The summed E-state index contributed by atoms with van der Waals surface area (Å²) in [5.41, 5.74) is 0. The molecule has 19 heavy (non-hydrogen) atoms. The van der Waals surface area contributed by atoms with Crippen LogP contribution in [0.2, 0.25) is 0 Å². The highest BCUT2D eigenvalue weighted by Gasteiger charge is 2.30. The fourth-order valence-electron chi connectivity index (χ4n) is 3.44. The van der Waals surface area contributed by atoms with Gasteiger partial charge in [-0.3, -0.25) is 0 Å². The number of nitrogens with one attached hydrogen (secondary N) is 1. The largest absolute Gasteiger partial charge is 0.338 e. The van der Waals surface area contributed by atoms with Crippen molar-refractivity contribution >= 4 is 0 Å². The molecule has 1 aliphatic rings. The second-order valence-corrected chi connectivity index (χ2v) is 6.59. The summed E-state index contributed by atoms with van der Waals surface area (Å²) in [7, 11) is 2.07. The molecule has 3 nitrogen and oxygen atoms in total. The summed E-state index contributed by atoms with van der Waals surface area (Å²) in [5.74, 6) is 3.69. The number of aromatic nitrogens is 2. The van der Waals surface area contributed by atoms with Crippen molar-refractivity contribution in [1.82, 2.24) is 14.9 Å². The molecule has 1 aromatic rings. The molecule has 1 fully saturated rings. The predicted octanol–water partition coefficient (Wildman–Crippen LogP) is 3.01. The third kappa shape index (κ3) is 3.82. The van der Waals surface area contributed by atoms with E-state index >= 15 is 0 Å². The first-order valence-electron chi connectivity index (χ1n) is 7.77. The minimum Gasteiger partial charge on any atom is -0.338 e. The van der Waals surface area contributed by atoms with Crippen molar-refractivity contribution in [3.05, 3.63) is 18.2 Å². The van der Waals surface area contributed by atoms with Crippen molar-refractivity contribution in [1.29, 1.82) is 0 Å². The van der Waals surface area contributed by atoms with E-state index in [1.54, 1.807) is 0 Å². The van der Waals surface area contributed by atoms with Crippen molar-refractivity contribution in [2.75, 3.05) is 6.54 Å². The molecule has 1 heterocycles. The maximum absolute atomic E-state index is 4.39. The molecule has 1 saturated carbocycles. The van der Waals surface area contributed by atoms with E-state index in [-0.39, 0.29) is 0 Å². The summed E-state index contributed by atoms with van der Waals surface area (Å²) in [5, 5.41) is 3.80. The van der Waals surface area contributed by atoms with Crippen LogP contribution in [0.4, 0.5) is 0 Å². The van der Waals surface area contributed by atoms with Gasteiger partial charge in [0.2, 0.25) is 0 Å². The van der Waals surface area contributed by atoms with Crippen LogP contribution < -0.4 is 5.32 Å². The number of hydrogen-bond acceptors (Lipinski definition) is 2. The molecule has 2 rings (SSSR count). The monoisotopic (exact) mass is 263 g/mol. The molecule has 3 unspecified atom stereocenters. The van der Waals surface area contributed by atoms with Crippen LogP contribution in [0, 0.1) is 17.8 Å². The Kier molecular flexibility index (Phi) is 5.03. The first-order chi connectivity index (χ1) is 9.08. The summed E-state index contributed by atoms with van der Waals surface area (Å²) in [6.45, 7) is 8.18. The van der Waals surface area contributed by atoms with Crippen molar-refractivity contribution in [3.63, 3.8) is 0 Å². The minimum absolute atomic E-state index is 0.698. The van der Waals surface area contributed by atoms with Gasteiger partial charge in [0.25, 0.3) is 0 Å². The van der Waals surface area contributed by atoms with Crippen molar-refractivity contribution in [2.45, 2.75) is 52.5 Å². The van der Waals surface area contributed by atoms with Crippen LogP contribution in [0.3, 0.4) is 0 Å². The Hall–Kier alpha value is -0.830. The molecule has 0 aromatic carbocycles. The first kappa shape index (κ1) is 14.6. The van der Waals surface area contributed by atoms with E-state index in [9.17, 15) is 0 Å². The second kappa shape index (κ2) is 6.56. The van der Waals surface area contributed by atoms with Crippen LogP contribution in [0.25, 0.3) is 0 Å². The van der Waals surface area contributed by atoms with E-state index in [1.807, 2.05) is 12.4 Å². The van der Waals surface area contributed by atoms with E-state index in [0.717, 1.165) is 30.7 Å². The quantitative estimate of drug-likeness (QED) is 0.885. The molecular formula is C16H29N3. The molecule has 0 radical (unpaired) electrons. The third-order valence-corrected chi connectivity index (χ3v) is 4.70. The van der Waals surface area contributed by atoms with Crippen LogP contribution in [0.1, 0.15) is 45.9 Å². The van der Waals surface area contributed by atoms with Crippen LogP contribution in [-0.2, 0) is 13.5 Å². The number of rotatable bonds is 5. The summed E-state index contributed by atoms with van der Waals surface area (Å²) >= 11 is 0. The van der Waals surface area contributed by atoms with Crippen LogP contribution in [-0.4, -0.2) is 22.1 Å². The maximum Gasteiger partial charge on any atom is 0.109 e. The molecule has 0 bridgehead atoms. The van der Waals surface area contributed by atoms with Crippen LogP contribution in [0.5, 0.6) is 0 Å². The van der Waals surface area contributed by atoms with Crippen LogP contribution >= 0.6 is 0 Å². The Morgan fingerprint density at radius 1 is 1.42 bits per heavy atom. The molecule has 1 aliphatic carbocycles. The van der Waals surface area contributed by atoms with E-state index in [4.69, 9.17) is 0 Å². The molecule has 0 aliphatic heterocycles. The highest BCUT2D eigenvalue weighted by molar-refractivity contribution is 4.92. The van der Waals surface area contributed by atoms with Gasteiger partial charge in [-0.1, -0.05) is 27.2 Å². The molecular weight excluding hydrogens is 234 g/mol. The van der Waals surface area contributed by atoms with Crippen LogP contribution in [0.15, 0.2) is 12.4 Å². The predicted molar refractivity (Wildman–Crippen MR) is 80.0 cm³/mol. The normalized spacial score (nSPS) is 27.9. The Bertz CT molecular complexity index is 383. The zero-order valence-electron chi connectivity index (χ0n) is 12.9. The van der Waals surface area contributed by atoms with Gasteiger partial charge in [-0.25, -0.2) is 4.98 Å². The topological polar surface area (TPSA) is 29.9 Å². The van der Waals surface area contributed by atoms with Gasteiger partial charge < -0.3 is 9.88 Å². The van der Waals surface area contributed by atoms with Gasteiger partial charge >= 0.3 is 0 Å². The highest BCUT2D eigenvalue weighted by Crippen LogP contribution is 2.33. The number of imidazole rings is 1. The van der Waals surface area contributed by atoms with E-state index in [0.29, 0.717) is 6.04 Å². The Labute approximate surface area is 117 Å². The van der Waals surface area contributed by atoms with Gasteiger partial charge in [-0.2, -0.15) is 0 Å². The van der Waals surface area contributed by atoms with E-state index < -0.39 is 0 Å². The fraction of sp³-hybridized carbons (Fsp3) is 0.812. The molecule has 3 heteroatoms. The fourth-order valence-corrected chi connectivity index (χ4v) is 3.44. The smallest absolute Gasteiger partial charge is 0.109 e. The molecule has 3 atom stereocenters. The molecule has 0 spiro atoms. The molecule has 1 N–H and O–H groups in total. The zero-order valence-corrected chi connectivity index (χ0v) is 12.9. The summed E-state index contributed by atoms with van der Waals surface area (Å²) in [4.78, 5) is 4.39. The summed E-state index contributed by atoms with van der Waals surface area (Å²) in [6, 6.07) is 0.698. The Morgan fingerprint density at radius 2 is 2.21 bits per heavy atom. The number of hydrogen-bond donors (Lipinski definition) is 1. The molecule has 108 valence electrons. The van der Waals surface area contributed by atoms with Gasteiger partial charge in [-0.15, -0.1) is 0 Å². The summed E-state index contributed by atoms with van der Waals surface area (Å²) < 4.78 is 2.12.